The molecule has 2 N–H and O–H groups in total. The van der Waals surface area contributed by atoms with Crippen LogP contribution in [0.15, 0.2) is 41.1 Å². The topological polar surface area (TPSA) is 58.6 Å². The molecule has 1 heterocycles. The van der Waals surface area contributed by atoms with E-state index in [9.17, 15) is 9.90 Å². The number of hydrogen-bond donors (Lipinski definition) is 2. The molecule has 22 heavy (non-hydrogen) atoms. The zero-order chi connectivity index (χ0) is 16.0. The largest absolute Gasteiger partial charge is 0.481 e. The summed E-state index contributed by atoms with van der Waals surface area (Å²) in [6.07, 6.45) is 5.11. The standard InChI is InChI=1S/C17H17NO3S/c1-3-9-21-15-6-4-13(5-7-15)16(19)18-12-17(2,20)14-8-10-22-11-14/h1,4-8,10-11,20H,9,12H2,2H3,(H,18,19). The molecule has 0 aliphatic rings. The maximum absolute atomic E-state index is 12.1. The summed E-state index contributed by atoms with van der Waals surface area (Å²) in [4.78, 5) is 12.1. The summed E-state index contributed by atoms with van der Waals surface area (Å²) in [5, 5.41) is 16.9. The van der Waals surface area contributed by atoms with Gasteiger partial charge in [-0.3, -0.25) is 4.79 Å². The van der Waals surface area contributed by atoms with Crippen LogP contribution in [-0.2, 0) is 5.60 Å². The average molecular weight is 315 g/mol. The molecule has 1 aromatic carbocycles. The molecule has 1 amide bonds. The van der Waals surface area contributed by atoms with Gasteiger partial charge >= 0.3 is 0 Å². The fraction of sp³-hybridized carbons (Fsp3) is 0.235. The lowest BCUT2D eigenvalue weighted by molar-refractivity contribution is 0.0530. The van der Waals surface area contributed by atoms with Crippen LogP contribution >= 0.6 is 11.3 Å². The maximum atomic E-state index is 12.1. The maximum Gasteiger partial charge on any atom is 0.251 e. The molecule has 114 valence electrons. The third-order valence-electron chi connectivity index (χ3n) is 3.17. The number of benzene rings is 1. The summed E-state index contributed by atoms with van der Waals surface area (Å²) in [5.74, 6) is 2.74. The number of thiophene rings is 1. The van der Waals surface area contributed by atoms with Gasteiger partial charge in [-0.1, -0.05) is 5.92 Å². The Kier molecular flexibility index (Phi) is 5.21. The second-order valence-electron chi connectivity index (χ2n) is 4.99. The lowest BCUT2D eigenvalue weighted by Gasteiger charge is -2.22. The van der Waals surface area contributed by atoms with Crippen LogP contribution in [0.1, 0.15) is 22.8 Å². The fourth-order valence-corrected chi connectivity index (χ4v) is 2.64. The molecule has 0 bridgehead atoms. The molecule has 0 spiro atoms. The van der Waals surface area contributed by atoms with E-state index >= 15 is 0 Å². The normalized spacial score (nSPS) is 13.0. The lowest BCUT2D eigenvalue weighted by atomic mass is 9.99. The molecule has 0 aliphatic carbocycles. The van der Waals surface area contributed by atoms with Crippen LogP contribution in [0.3, 0.4) is 0 Å². The lowest BCUT2D eigenvalue weighted by Crippen LogP contribution is -2.38. The van der Waals surface area contributed by atoms with Gasteiger partial charge in [0.05, 0.1) is 6.54 Å². The first-order valence-corrected chi connectivity index (χ1v) is 7.67. The average Bonchev–Trinajstić information content (AvgIpc) is 3.06. The van der Waals surface area contributed by atoms with Crippen LogP contribution in [-0.4, -0.2) is 24.2 Å². The number of carbonyl (C=O) groups is 1. The van der Waals surface area contributed by atoms with Crippen LogP contribution in [0.4, 0.5) is 0 Å². The number of terminal acetylenes is 1. The van der Waals surface area contributed by atoms with Crippen LogP contribution in [0.2, 0.25) is 0 Å². The van der Waals surface area contributed by atoms with E-state index < -0.39 is 5.60 Å². The summed E-state index contributed by atoms with van der Waals surface area (Å²) in [5.41, 5.74) is 0.191. The number of amides is 1. The van der Waals surface area contributed by atoms with Crippen molar-refractivity contribution in [3.05, 3.63) is 52.2 Å². The smallest absolute Gasteiger partial charge is 0.251 e. The Bertz CT molecular complexity index is 654. The Balaban J connectivity index is 1.93. The summed E-state index contributed by atoms with van der Waals surface area (Å²) < 4.78 is 5.25. The van der Waals surface area contributed by atoms with Crippen LogP contribution in [0.5, 0.6) is 5.75 Å². The SMILES string of the molecule is C#CCOc1ccc(C(=O)NCC(C)(O)c2ccsc2)cc1. The molecule has 2 rings (SSSR count). The first kappa shape index (κ1) is 16.1. The number of aliphatic hydroxyl groups is 1. The van der Waals surface area contributed by atoms with Gasteiger partial charge in [0, 0.05) is 5.56 Å². The minimum Gasteiger partial charge on any atom is -0.481 e. The second kappa shape index (κ2) is 7.12. The van der Waals surface area contributed by atoms with E-state index in [0.29, 0.717) is 11.3 Å². The van der Waals surface area contributed by atoms with Crippen LogP contribution < -0.4 is 10.1 Å². The van der Waals surface area contributed by atoms with E-state index in [1.165, 1.54) is 11.3 Å². The van der Waals surface area contributed by atoms with E-state index in [1.54, 1.807) is 31.2 Å². The minimum atomic E-state index is -1.09. The molecular weight excluding hydrogens is 298 g/mol. The molecule has 1 aromatic heterocycles. The van der Waals surface area contributed by atoms with Crippen LogP contribution in [0.25, 0.3) is 0 Å². The summed E-state index contributed by atoms with van der Waals surface area (Å²) in [6.45, 7) is 2.00. The molecule has 0 saturated carbocycles. The molecular formula is C17H17NO3S. The van der Waals surface area contributed by atoms with Gasteiger partial charge < -0.3 is 15.2 Å². The molecule has 0 aliphatic heterocycles. The Labute approximate surface area is 133 Å². The molecule has 5 heteroatoms. The van der Waals surface area contributed by atoms with Gasteiger partial charge in [-0.25, -0.2) is 0 Å². The predicted octanol–water partition coefficient (Wildman–Crippen LogP) is 2.40. The third-order valence-corrected chi connectivity index (χ3v) is 3.86. The number of nitrogens with one attached hydrogen (secondary N) is 1. The highest BCUT2D eigenvalue weighted by Crippen LogP contribution is 2.22. The molecule has 0 fully saturated rings. The van der Waals surface area contributed by atoms with Crippen molar-refractivity contribution in [1.82, 2.24) is 5.32 Å². The van der Waals surface area contributed by atoms with Gasteiger partial charge in [0.2, 0.25) is 0 Å². The van der Waals surface area contributed by atoms with Gasteiger partial charge in [0.25, 0.3) is 5.91 Å². The Morgan fingerprint density at radius 3 is 2.73 bits per heavy atom. The van der Waals surface area contributed by atoms with Gasteiger partial charge in [-0.15, -0.1) is 6.42 Å². The molecule has 0 saturated heterocycles. The van der Waals surface area contributed by atoms with E-state index in [2.05, 4.69) is 11.2 Å². The van der Waals surface area contributed by atoms with Crippen molar-refractivity contribution >= 4 is 17.2 Å². The fourth-order valence-electron chi connectivity index (χ4n) is 1.85. The molecule has 1 atom stereocenters. The summed E-state index contributed by atoms with van der Waals surface area (Å²) in [7, 11) is 0. The van der Waals surface area contributed by atoms with E-state index in [1.807, 2.05) is 16.8 Å². The Hall–Kier alpha value is -2.29. The van der Waals surface area contributed by atoms with E-state index in [4.69, 9.17) is 11.2 Å². The zero-order valence-electron chi connectivity index (χ0n) is 12.2. The van der Waals surface area contributed by atoms with Crippen molar-refractivity contribution in [3.63, 3.8) is 0 Å². The van der Waals surface area contributed by atoms with Gasteiger partial charge in [0.15, 0.2) is 0 Å². The molecule has 0 radical (unpaired) electrons. The molecule has 2 aromatic rings. The van der Waals surface area contributed by atoms with Crippen molar-refractivity contribution in [2.75, 3.05) is 13.2 Å². The van der Waals surface area contributed by atoms with Crippen molar-refractivity contribution in [2.24, 2.45) is 0 Å². The van der Waals surface area contributed by atoms with Crippen molar-refractivity contribution < 1.29 is 14.6 Å². The third kappa shape index (κ3) is 4.10. The van der Waals surface area contributed by atoms with Gasteiger partial charge in [-0.05, 0) is 53.6 Å². The minimum absolute atomic E-state index is 0.137. The van der Waals surface area contributed by atoms with Crippen molar-refractivity contribution in [2.45, 2.75) is 12.5 Å². The monoisotopic (exact) mass is 315 g/mol. The molecule has 1 unspecified atom stereocenters. The van der Waals surface area contributed by atoms with Crippen molar-refractivity contribution in [1.29, 1.82) is 0 Å². The zero-order valence-corrected chi connectivity index (χ0v) is 13.0. The quantitative estimate of drug-likeness (QED) is 0.805. The number of carbonyl (C=O) groups excluding carboxylic acids is 1. The van der Waals surface area contributed by atoms with Crippen molar-refractivity contribution in [3.8, 4) is 18.1 Å². The van der Waals surface area contributed by atoms with Crippen LogP contribution in [0, 0.1) is 12.3 Å². The van der Waals surface area contributed by atoms with Gasteiger partial charge in [-0.2, -0.15) is 11.3 Å². The highest BCUT2D eigenvalue weighted by molar-refractivity contribution is 7.08. The van der Waals surface area contributed by atoms with Gasteiger partial charge in [0.1, 0.15) is 18.0 Å². The Morgan fingerprint density at radius 2 is 2.14 bits per heavy atom. The second-order valence-corrected chi connectivity index (χ2v) is 5.77. The number of rotatable bonds is 6. The number of hydrogen-bond acceptors (Lipinski definition) is 4. The molecule has 4 nitrogen and oxygen atoms in total. The predicted molar refractivity (Wildman–Crippen MR) is 87.0 cm³/mol. The van der Waals surface area contributed by atoms with E-state index in [-0.39, 0.29) is 19.1 Å². The first-order chi connectivity index (χ1) is 10.5. The summed E-state index contributed by atoms with van der Waals surface area (Å²) in [6, 6.07) is 8.52. The van der Waals surface area contributed by atoms with E-state index in [0.717, 1.165) is 5.56 Å². The highest BCUT2D eigenvalue weighted by Gasteiger charge is 2.24. The Morgan fingerprint density at radius 1 is 1.41 bits per heavy atom. The summed E-state index contributed by atoms with van der Waals surface area (Å²) >= 11 is 1.50. The first-order valence-electron chi connectivity index (χ1n) is 6.72. The highest BCUT2D eigenvalue weighted by atomic mass is 32.1. The number of ether oxygens (including phenoxy) is 1.